The van der Waals surface area contributed by atoms with E-state index in [0.29, 0.717) is 19.3 Å². The largest absolute Gasteiger partial charge is 0.462 e. The van der Waals surface area contributed by atoms with Crippen LogP contribution in [0.25, 0.3) is 0 Å². The maximum Gasteiger partial charge on any atom is 0.306 e. The van der Waals surface area contributed by atoms with Crippen molar-refractivity contribution in [2.24, 2.45) is 0 Å². The molecule has 0 aliphatic heterocycles. The SMILES string of the molecule is CC/C=C\C/C=C\C/C=C\C/C=C\C/C=C\C/C=C\C/C=C\CCCCCCCC(=O)OCC(COC(=O)CCCCCCC/C=C\CCCCCCC)OC(=O)CCCCCCC/C=C\C/C=C\CCCCC. The van der Waals surface area contributed by atoms with Gasteiger partial charge in [0, 0.05) is 19.3 Å². The van der Waals surface area contributed by atoms with Gasteiger partial charge in [-0.3, -0.25) is 14.4 Å². The van der Waals surface area contributed by atoms with Gasteiger partial charge in [-0.15, -0.1) is 0 Å². The molecule has 0 aromatic carbocycles. The van der Waals surface area contributed by atoms with E-state index in [1.54, 1.807) is 0 Å². The van der Waals surface area contributed by atoms with E-state index in [-0.39, 0.29) is 31.1 Å². The summed E-state index contributed by atoms with van der Waals surface area (Å²) in [6, 6.07) is 0. The van der Waals surface area contributed by atoms with Crippen molar-refractivity contribution in [2.75, 3.05) is 13.2 Å². The van der Waals surface area contributed by atoms with Gasteiger partial charge in [-0.2, -0.15) is 0 Å². The molecule has 0 aliphatic carbocycles. The average molecular weight is 1030 g/mol. The van der Waals surface area contributed by atoms with Crippen LogP contribution in [0.1, 0.15) is 271 Å². The van der Waals surface area contributed by atoms with Crippen molar-refractivity contribution < 1.29 is 28.6 Å². The molecule has 0 amide bonds. The summed E-state index contributed by atoms with van der Waals surface area (Å²) in [5.74, 6) is -0.937. The van der Waals surface area contributed by atoms with E-state index in [2.05, 4.69) is 142 Å². The van der Waals surface area contributed by atoms with E-state index in [4.69, 9.17) is 14.2 Å². The first-order valence-corrected chi connectivity index (χ1v) is 30.5. The Labute approximate surface area is 456 Å². The summed E-state index contributed by atoms with van der Waals surface area (Å²) < 4.78 is 16.9. The zero-order valence-corrected chi connectivity index (χ0v) is 48.1. The molecule has 74 heavy (non-hydrogen) atoms. The number of carbonyl (C=O) groups is 3. The van der Waals surface area contributed by atoms with Crippen LogP contribution in [-0.4, -0.2) is 37.2 Å². The van der Waals surface area contributed by atoms with Crippen molar-refractivity contribution in [3.63, 3.8) is 0 Å². The molecule has 1 unspecified atom stereocenters. The molecule has 420 valence electrons. The summed E-state index contributed by atoms with van der Waals surface area (Å²) in [5, 5.41) is 0. The highest BCUT2D eigenvalue weighted by Crippen LogP contribution is 2.14. The van der Waals surface area contributed by atoms with Crippen molar-refractivity contribution in [1.29, 1.82) is 0 Å². The van der Waals surface area contributed by atoms with Gasteiger partial charge in [-0.1, -0.05) is 239 Å². The van der Waals surface area contributed by atoms with Gasteiger partial charge in [0.15, 0.2) is 6.10 Å². The van der Waals surface area contributed by atoms with E-state index in [1.165, 1.54) is 77.0 Å². The molecule has 0 radical (unpaired) electrons. The Kier molecular flexibility index (Phi) is 57.9. The van der Waals surface area contributed by atoms with Crippen LogP contribution in [0, 0.1) is 0 Å². The standard InChI is InChI=1S/C68H112O6/c1-4-7-10-13-16-19-22-25-28-29-30-31-32-33-34-35-36-37-38-39-41-43-46-49-52-55-58-61-67(70)73-64-65(63-72-66(69)60-57-54-51-48-45-42-27-24-21-18-15-12-9-6-3)74-68(71)62-59-56-53-50-47-44-40-26-23-20-17-14-11-8-5-2/h7,10,16-17,19-20,24-28,30-31,33-34,36-37,39-41,65H,4-6,8-9,11-15,18,21-23,29,32,35,38,42-64H2,1-3H3/b10-7-,19-16-,20-17-,27-24-,28-25-,31-30-,34-33-,37-36-,40-26-,41-39-. The molecule has 0 bridgehead atoms. The molecule has 0 N–H and O–H groups in total. The van der Waals surface area contributed by atoms with Gasteiger partial charge in [0.1, 0.15) is 13.2 Å². The Hall–Kier alpha value is -4.19. The van der Waals surface area contributed by atoms with Crippen LogP contribution in [-0.2, 0) is 28.6 Å². The normalized spacial score (nSPS) is 13.0. The van der Waals surface area contributed by atoms with E-state index in [0.717, 1.165) is 154 Å². The predicted octanol–water partition coefficient (Wildman–Crippen LogP) is 20.8. The molecule has 0 saturated carbocycles. The third kappa shape index (κ3) is 58.7. The van der Waals surface area contributed by atoms with Crippen molar-refractivity contribution in [2.45, 2.75) is 277 Å². The van der Waals surface area contributed by atoms with Crippen LogP contribution in [0.15, 0.2) is 122 Å². The summed E-state index contributed by atoms with van der Waals surface area (Å²) in [6.07, 6.45) is 84.7. The molecule has 1 atom stereocenters. The maximum atomic E-state index is 12.9. The number of carbonyl (C=O) groups excluding carboxylic acids is 3. The third-order valence-corrected chi connectivity index (χ3v) is 12.7. The zero-order valence-electron chi connectivity index (χ0n) is 48.1. The number of hydrogen-bond acceptors (Lipinski definition) is 6. The molecule has 0 saturated heterocycles. The van der Waals surface area contributed by atoms with Crippen molar-refractivity contribution in [1.82, 2.24) is 0 Å². The monoisotopic (exact) mass is 1020 g/mol. The second-order valence-corrected chi connectivity index (χ2v) is 19.9. The highest BCUT2D eigenvalue weighted by Gasteiger charge is 2.19. The van der Waals surface area contributed by atoms with Crippen LogP contribution >= 0.6 is 0 Å². The highest BCUT2D eigenvalue weighted by molar-refractivity contribution is 5.71. The molecule has 0 heterocycles. The summed E-state index contributed by atoms with van der Waals surface area (Å²) in [6.45, 7) is 6.46. The van der Waals surface area contributed by atoms with Crippen LogP contribution in [0.2, 0.25) is 0 Å². The third-order valence-electron chi connectivity index (χ3n) is 12.7. The molecule has 0 aromatic heterocycles. The molecule has 6 nitrogen and oxygen atoms in total. The van der Waals surface area contributed by atoms with Crippen molar-refractivity contribution in [3.8, 4) is 0 Å². The number of rotatable bonds is 54. The first kappa shape index (κ1) is 69.8. The minimum Gasteiger partial charge on any atom is -0.462 e. The number of hydrogen-bond donors (Lipinski definition) is 0. The second kappa shape index (κ2) is 61.4. The molecule has 6 heteroatoms. The van der Waals surface area contributed by atoms with Crippen molar-refractivity contribution in [3.05, 3.63) is 122 Å². The topological polar surface area (TPSA) is 78.9 Å². The number of unbranched alkanes of at least 4 members (excludes halogenated alkanes) is 23. The summed E-state index contributed by atoms with van der Waals surface area (Å²) in [7, 11) is 0. The molecular formula is C68H112O6. The first-order valence-electron chi connectivity index (χ1n) is 30.5. The summed E-state index contributed by atoms with van der Waals surface area (Å²) in [5.41, 5.74) is 0. The molecule has 0 aromatic rings. The maximum absolute atomic E-state index is 12.9. The van der Waals surface area contributed by atoms with Gasteiger partial charge in [-0.05, 0) is 135 Å². The van der Waals surface area contributed by atoms with Gasteiger partial charge in [-0.25, -0.2) is 0 Å². The van der Waals surface area contributed by atoms with E-state index in [9.17, 15) is 14.4 Å². The summed E-state index contributed by atoms with van der Waals surface area (Å²) >= 11 is 0. The minimum absolute atomic E-state index is 0.0964. The Morgan fingerprint density at radius 3 is 0.865 bits per heavy atom. The van der Waals surface area contributed by atoms with Crippen LogP contribution in [0.3, 0.4) is 0 Å². The van der Waals surface area contributed by atoms with E-state index >= 15 is 0 Å². The van der Waals surface area contributed by atoms with Crippen molar-refractivity contribution >= 4 is 17.9 Å². The predicted molar refractivity (Wildman–Crippen MR) is 320 cm³/mol. The Balaban J connectivity index is 4.40. The number of allylic oxidation sites excluding steroid dienone is 20. The van der Waals surface area contributed by atoms with Gasteiger partial charge in [0.05, 0.1) is 0 Å². The van der Waals surface area contributed by atoms with Crippen LogP contribution in [0.5, 0.6) is 0 Å². The zero-order chi connectivity index (χ0) is 53.6. The Morgan fingerprint density at radius 2 is 0.527 bits per heavy atom. The second-order valence-electron chi connectivity index (χ2n) is 19.9. The lowest BCUT2D eigenvalue weighted by molar-refractivity contribution is -0.167. The lowest BCUT2D eigenvalue weighted by Gasteiger charge is -2.18. The molecular weight excluding hydrogens is 913 g/mol. The summed E-state index contributed by atoms with van der Waals surface area (Å²) in [4.78, 5) is 38.2. The Morgan fingerprint density at radius 1 is 0.284 bits per heavy atom. The minimum atomic E-state index is -0.801. The fourth-order valence-electron chi connectivity index (χ4n) is 8.09. The number of esters is 3. The van der Waals surface area contributed by atoms with Gasteiger partial charge in [0.25, 0.3) is 0 Å². The smallest absolute Gasteiger partial charge is 0.306 e. The fourth-order valence-corrected chi connectivity index (χ4v) is 8.09. The van der Waals surface area contributed by atoms with E-state index in [1.807, 2.05) is 0 Å². The number of ether oxygens (including phenoxy) is 3. The van der Waals surface area contributed by atoms with E-state index < -0.39 is 6.10 Å². The van der Waals surface area contributed by atoms with Gasteiger partial charge >= 0.3 is 17.9 Å². The average Bonchev–Trinajstić information content (AvgIpc) is 3.40. The Bertz CT molecular complexity index is 1550. The van der Waals surface area contributed by atoms with Crippen LogP contribution < -0.4 is 0 Å². The quantitative estimate of drug-likeness (QED) is 0.0261. The highest BCUT2D eigenvalue weighted by atomic mass is 16.6. The molecule has 0 aliphatic rings. The lowest BCUT2D eigenvalue weighted by Crippen LogP contribution is -2.30. The lowest BCUT2D eigenvalue weighted by atomic mass is 10.1. The van der Waals surface area contributed by atoms with Gasteiger partial charge in [0.2, 0.25) is 0 Å². The molecule has 0 fully saturated rings. The first-order chi connectivity index (χ1) is 36.5. The fraction of sp³-hybridized carbons (Fsp3) is 0.662. The van der Waals surface area contributed by atoms with Gasteiger partial charge < -0.3 is 14.2 Å². The molecule has 0 spiro atoms. The molecule has 0 rings (SSSR count). The van der Waals surface area contributed by atoms with Crippen LogP contribution in [0.4, 0.5) is 0 Å².